The number of nitrogens with zero attached hydrogens (tertiary/aromatic N) is 3. The van der Waals surface area contributed by atoms with Gasteiger partial charge in [-0.2, -0.15) is 0 Å². The SMILES string of the molecule is c1ccc(N(c2ccccc2)c2ccc3sc4cc(N(c5ccccc5)c5ccc6c(sc7ccccc76)c5N(c5ccccc5)c5ccccc5)ccc4c3c2)cc1. The number of fused-ring (bicyclic) bond motifs is 6. The fourth-order valence-corrected chi connectivity index (χ4v) is 10.7. The second-order valence-electron chi connectivity index (χ2n) is 14.6. The maximum Gasteiger partial charge on any atom is 0.0883 e. The zero-order valence-electron chi connectivity index (χ0n) is 32.0. The van der Waals surface area contributed by atoms with E-state index in [1.54, 1.807) is 0 Å². The van der Waals surface area contributed by atoms with Crippen LogP contribution in [0.1, 0.15) is 0 Å². The lowest BCUT2D eigenvalue weighted by Crippen LogP contribution is -2.17. The minimum Gasteiger partial charge on any atom is -0.310 e. The molecule has 2 aromatic heterocycles. The van der Waals surface area contributed by atoms with Gasteiger partial charge in [-0.15, -0.1) is 22.7 Å². The van der Waals surface area contributed by atoms with Crippen LogP contribution < -0.4 is 14.7 Å². The molecule has 0 aliphatic heterocycles. The summed E-state index contributed by atoms with van der Waals surface area (Å²) in [5, 5.41) is 5.03. The summed E-state index contributed by atoms with van der Waals surface area (Å²) in [5.41, 5.74) is 10.1. The first-order chi connectivity index (χ1) is 29.3. The Balaban J connectivity index is 1.13. The Hall–Kier alpha value is -7.18. The Morgan fingerprint density at radius 3 is 1.29 bits per heavy atom. The van der Waals surface area contributed by atoms with Crippen LogP contribution in [-0.4, -0.2) is 0 Å². The smallest absolute Gasteiger partial charge is 0.0883 e. The van der Waals surface area contributed by atoms with E-state index in [1.165, 1.54) is 40.3 Å². The highest BCUT2D eigenvalue weighted by Crippen LogP contribution is 2.53. The summed E-state index contributed by atoms with van der Waals surface area (Å²) >= 11 is 3.72. The van der Waals surface area contributed by atoms with Gasteiger partial charge in [0.05, 0.1) is 16.1 Å². The van der Waals surface area contributed by atoms with Crippen molar-refractivity contribution in [2.24, 2.45) is 0 Å². The van der Waals surface area contributed by atoms with Crippen LogP contribution in [0.15, 0.2) is 224 Å². The van der Waals surface area contributed by atoms with Crippen LogP contribution in [0.25, 0.3) is 40.3 Å². The molecule has 0 bridgehead atoms. The van der Waals surface area contributed by atoms with Crippen LogP contribution in [0.2, 0.25) is 0 Å². The summed E-state index contributed by atoms with van der Waals surface area (Å²) in [4.78, 5) is 7.22. The molecule has 0 radical (unpaired) electrons. The van der Waals surface area contributed by atoms with Crippen molar-refractivity contribution >= 4 is 114 Å². The Bertz CT molecular complexity index is 3140. The lowest BCUT2D eigenvalue weighted by molar-refractivity contribution is 1.24. The third kappa shape index (κ3) is 6.29. The van der Waals surface area contributed by atoms with Crippen molar-refractivity contribution in [2.45, 2.75) is 0 Å². The van der Waals surface area contributed by atoms with Crippen LogP contribution in [0, 0.1) is 0 Å². The summed E-state index contributed by atoms with van der Waals surface area (Å²) in [6.07, 6.45) is 0. The van der Waals surface area contributed by atoms with Crippen LogP contribution >= 0.6 is 22.7 Å². The second kappa shape index (κ2) is 15.0. The molecule has 0 spiro atoms. The monoisotopic (exact) mass is 791 g/mol. The molecule has 11 aromatic rings. The predicted octanol–water partition coefficient (Wildman–Crippen LogP) is 16.8. The molecule has 280 valence electrons. The van der Waals surface area contributed by atoms with E-state index < -0.39 is 0 Å². The van der Waals surface area contributed by atoms with E-state index in [-0.39, 0.29) is 0 Å². The normalized spacial score (nSPS) is 11.4. The molecule has 9 aromatic carbocycles. The lowest BCUT2D eigenvalue weighted by Gasteiger charge is -2.33. The standard InChI is InChI=1S/C54H37N3S2/c1-6-18-38(19-7-1)55(39-20-8-2-9-21-39)43-31-35-51-48(36-43)46-32-30-44(37-52(46)58-51)56(40-22-10-3-11-23-40)49-34-33-47-45-28-16-17-29-50(45)59-54(47)53(49)57(41-24-12-4-13-25-41)42-26-14-5-15-27-42/h1-37H. The molecule has 0 amide bonds. The first-order valence-corrected chi connectivity index (χ1v) is 21.5. The molecule has 11 rings (SSSR count). The minimum absolute atomic E-state index is 1.10. The molecular weight excluding hydrogens is 755 g/mol. The molecule has 2 heterocycles. The number of thiophene rings is 2. The summed E-state index contributed by atoms with van der Waals surface area (Å²) in [6.45, 7) is 0. The van der Waals surface area contributed by atoms with E-state index >= 15 is 0 Å². The Morgan fingerprint density at radius 2 is 0.695 bits per heavy atom. The molecule has 0 unspecified atom stereocenters. The highest BCUT2D eigenvalue weighted by molar-refractivity contribution is 7.26. The van der Waals surface area contributed by atoms with E-state index in [0.29, 0.717) is 0 Å². The third-order valence-corrected chi connectivity index (χ3v) is 13.3. The zero-order chi connectivity index (χ0) is 39.1. The van der Waals surface area contributed by atoms with E-state index in [2.05, 4.69) is 239 Å². The minimum atomic E-state index is 1.10. The summed E-state index contributed by atoms with van der Waals surface area (Å²) in [5.74, 6) is 0. The van der Waals surface area contributed by atoms with Crippen molar-refractivity contribution in [1.82, 2.24) is 0 Å². The fourth-order valence-electron chi connectivity index (χ4n) is 8.36. The maximum absolute atomic E-state index is 2.44. The van der Waals surface area contributed by atoms with E-state index in [9.17, 15) is 0 Å². The van der Waals surface area contributed by atoms with Crippen LogP contribution in [0.5, 0.6) is 0 Å². The number of para-hydroxylation sites is 5. The first-order valence-electron chi connectivity index (χ1n) is 19.8. The average molecular weight is 792 g/mol. The lowest BCUT2D eigenvalue weighted by atomic mass is 10.1. The van der Waals surface area contributed by atoms with Gasteiger partial charge in [-0.05, 0) is 103 Å². The van der Waals surface area contributed by atoms with Gasteiger partial charge in [0.1, 0.15) is 0 Å². The molecule has 0 saturated carbocycles. The largest absolute Gasteiger partial charge is 0.310 e. The van der Waals surface area contributed by atoms with Gasteiger partial charge in [-0.25, -0.2) is 0 Å². The van der Waals surface area contributed by atoms with E-state index in [0.717, 1.165) is 51.2 Å². The molecule has 0 saturated heterocycles. The van der Waals surface area contributed by atoms with E-state index in [1.807, 2.05) is 22.7 Å². The average Bonchev–Trinajstić information content (AvgIpc) is 3.87. The Labute approximate surface area is 351 Å². The number of rotatable bonds is 9. The molecular formula is C54H37N3S2. The topological polar surface area (TPSA) is 9.72 Å². The molecule has 59 heavy (non-hydrogen) atoms. The van der Waals surface area contributed by atoms with Crippen molar-refractivity contribution in [3.8, 4) is 0 Å². The second-order valence-corrected chi connectivity index (χ2v) is 16.7. The zero-order valence-corrected chi connectivity index (χ0v) is 33.7. The summed E-state index contributed by atoms with van der Waals surface area (Å²) in [7, 11) is 0. The summed E-state index contributed by atoms with van der Waals surface area (Å²) in [6, 6.07) is 80.9. The van der Waals surface area contributed by atoms with Gasteiger partial charge in [0.25, 0.3) is 0 Å². The fraction of sp³-hybridized carbons (Fsp3) is 0. The number of anilines is 9. The Morgan fingerprint density at radius 1 is 0.254 bits per heavy atom. The van der Waals surface area contributed by atoms with Crippen LogP contribution in [0.3, 0.4) is 0 Å². The van der Waals surface area contributed by atoms with Gasteiger partial charge >= 0.3 is 0 Å². The maximum atomic E-state index is 2.44. The van der Waals surface area contributed by atoms with Crippen molar-refractivity contribution in [3.05, 3.63) is 224 Å². The highest BCUT2D eigenvalue weighted by Gasteiger charge is 2.26. The van der Waals surface area contributed by atoms with E-state index in [4.69, 9.17) is 0 Å². The Kier molecular flexibility index (Phi) is 8.88. The van der Waals surface area contributed by atoms with Crippen molar-refractivity contribution in [2.75, 3.05) is 14.7 Å². The van der Waals surface area contributed by atoms with Gasteiger partial charge < -0.3 is 14.7 Å². The molecule has 3 nitrogen and oxygen atoms in total. The molecule has 0 aliphatic rings. The predicted molar refractivity (Wildman–Crippen MR) is 256 cm³/mol. The van der Waals surface area contributed by atoms with Gasteiger partial charge in [-0.3, -0.25) is 0 Å². The molecule has 0 aliphatic carbocycles. The van der Waals surface area contributed by atoms with Crippen LogP contribution in [0.4, 0.5) is 51.2 Å². The third-order valence-electron chi connectivity index (χ3n) is 11.0. The highest BCUT2D eigenvalue weighted by atomic mass is 32.1. The molecule has 0 atom stereocenters. The van der Waals surface area contributed by atoms with Gasteiger partial charge in [0.2, 0.25) is 0 Å². The van der Waals surface area contributed by atoms with Crippen molar-refractivity contribution in [1.29, 1.82) is 0 Å². The van der Waals surface area contributed by atoms with Gasteiger partial charge in [0.15, 0.2) is 0 Å². The summed E-state index contributed by atoms with van der Waals surface area (Å²) < 4.78 is 5.03. The molecule has 0 fully saturated rings. The molecule has 5 heteroatoms. The molecule has 0 N–H and O–H groups in total. The number of benzene rings is 9. The van der Waals surface area contributed by atoms with Crippen molar-refractivity contribution in [3.63, 3.8) is 0 Å². The van der Waals surface area contributed by atoms with Crippen LogP contribution in [-0.2, 0) is 0 Å². The number of hydrogen-bond acceptors (Lipinski definition) is 5. The quantitative estimate of drug-likeness (QED) is 0.144. The first kappa shape index (κ1) is 35.0. The number of hydrogen-bond donors (Lipinski definition) is 0. The van der Waals surface area contributed by atoms with Gasteiger partial charge in [0, 0.05) is 75.5 Å². The van der Waals surface area contributed by atoms with Crippen molar-refractivity contribution < 1.29 is 0 Å². The van der Waals surface area contributed by atoms with Gasteiger partial charge in [-0.1, -0.05) is 121 Å².